The predicted octanol–water partition coefficient (Wildman–Crippen LogP) is 3.10. The maximum absolute atomic E-state index is 11.4. The lowest BCUT2D eigenvalue weighted by atomic mass is 9.74. The molecular formula is C12H18O. The first-order valence-corrected chi connectivity index (χ1v) is 5.56. The van der Waals surface area contributed by atoms with Crippen LogP contribution in [-0.2, 0) is 4.79 Å². The second-order valence-corrected chi connectivity index (χ2v) is 4.35. The van der Waals surface area contributed by atoms with Crippen LogP contribution in [0.15, 0.2) is 11.6 Å². The SMILES string of the molecule is CCCCCC1=CC2CCC(=O)C12. The average Bonchev–Trinajstić information content (AvgIpc) is 2.35. The van der Waals surface area contributed by atoms with Crippen LogP contribution in [-0.4, -0.2) is 5.78 Å². The fourth-order valence-electron chi connectivity index (χ4n) is 2.61. The number of allylic oxidation sites excluding steroid dienone is 2. The topological polar surface area (TPSA) is 17.1 Å². The number of hydrogen-bond acceptors (Lipinski definition) is 1. The van der Waals surface area contributed by atoms with E-state index >= 15 is 0 Å². The van der Waals surface area contributed by atoms with Crippen LogP contribution >= 0.6 is 0 Å². The number of hydrogen-bond donors (Lipinski definition) is 0. The van der Waals surface area contributed by atoms with E-state index in [0.29, 0.717) is 17.6 Å². The maximum atomic E-state index is 11.4. The smallest absolute Gasteiger partial charge is 0.140 e. The molecule has 0 spiro atoms. The standard InChI is InChI=1S/C12H18O/c1-2-3-4-5-9-8-10-6-7-11(13)12(9)10/h8,10,12H,2-7H2,1H3. The fourth-order valence-corrected chi connectivity index (χ4v) is 2.61. The summed E-state index contributed by atoms with van der Waals surface area (Å²) in [6, 6.07) is 0. The van der Waals surface area contributed by atoms with Crippen molar-refractivity contribution < 1.29 is 4.79 Å². The van der Waals surface area contributed by atoms with Gasteiger partial charge in [0.2, 0.25) is 0 Å². The predicted molar refractivity (Wildman–Crippen MR) is 53.4 cm³/mol. The number of rotatable bonds is 4. The number of unbranched alkanes of at least 4 members (excludes halogenated alkanes) is 2. The van der Waals surface area contributed by atoms with Gasteiger partial charge >= 0.3 is 0 Å². The Morgan fingerprint density at radius 3 is 3.00 bits per heavy atom. The van der Waals surface area contributed by atoms with Crippen LogP contribution in [0.1, 0.15) is 45.4 Å². The molecule has 1 nitrogen and oxygen atoms in total. The summed E-state index contributed by atoms with van der Waals surface area (Å²) in [6.45, 7) is 2.22. The summed E-state index contributed by atoms with van der Waals surface area (Å²) < 4.78 is 0. The Balaban J connectivity index is 1.83. The summed E-state index contributed by atoms with van der Waals surface area (Å²) >= 11 is 0. The van der Waals surface area contributed by atoms with Crippen LogP contribution < -0.4 is 0 Å². The van der Waals surface area contributed by atoms with Crippen LogP contribution in [0, 0.1) is 11.8 Å². The van der Waals surface area contributed by atoms with E-state index in [1.807, 2.05) is 0 Å². The van der Waals surface area contributed by atoms with E-state index in [1.165, 1.54) is 31.3 Å². The Bertz CT molecular complexity index is 240. The first-order valence-electron chi connectivity index (χ1n) is 5.56. The molecule has 2 unspecified atom stereocenters. The second kappa shape index (κ2) is 3.65. The van der Waals surface area contributed by atoms with Gasteiger partial charge in [-0.15, -0.1) is 0 Å². The first kappa shape index (κ1) is 8.98. The summed E-state index contributed by atoms with van der Waals surface area (Å²) in [4.78, 5) is 11.4. The fraction of sp³-hybridized carbons (Fsp3) is 0.750. The lowest BCUT2D eigenvalue weighted by Gasteiger charge is -2.29. The number of carbonyl (C=O) groups excluding carboxylic acids is 1. The van der Waals surface area contributed by atoms with Gasteiger partial charge in [0, 0.05) is 12.3 Å². The maximum Gasteiger partial charge on any atom is 0.140 e. The molecule has 72 valence electrons. The zero-order valence-corrected chi connectivity index (χ0v) is 8.38. The number of Topliss-reactive ketones (excluding diaryl/α,β-unsaturated/α-hetero) is 1. The summed E-state index contributed by atoms with van der Waals surface area (Å²) in [5.41, 5.74) is 1.46. The van der Waals surface area contributed by atoms with Gasteiger partial charge in [-0.25, -0.2) is 0 Å². The number of carbonyl (C=O) groups is 1. The van der Waals surface area contributed by atoms with Crippen LogP contribution in [0.4, 0.5) is 0 Å². The molecule has 13 heavy (non-hydrogen) atoms. The Kier molecular flexibility index (Phi) is 2.52. The molecule has 0 heterocycles. The van der Waals surface area contributed by atoms with Gasteiger partial charge in [-0.3, -0.25) is 4.79 Å². The second-order valence-electron chi connectivity index (χ2n) is 4.35. The molecule has 0 bridgehead atoms. The molecule has 2 rings (SSSR count). The van der Waals surface area contributed by atoms with Crippen molar-refractivity contribution in [1.82, 2.24) is 0 Å². The van der Waals surface area contributed by atoms with Crippen LogP contribution in [0.3, 0.4) is 0 Å². The zero-order chi connectivity index (χ0) is 9.26. The molecule has 1 heteroatoms. The third-order valence-corrected chi connectivity index (χ3v) is 3.40. The van der Waals surface area contributed by atoms with Gasteiger partial charge < -0.3 is 0 Å². The minimum atomic E-state index is 0.372. The Hall–Kier alpha value is -0.590. The van der Waals surface area contributed by atoms with Crippen molar-refractivity contribution >= 4 is 5.78 Å². The lowest BCUT2D eigenvalue weighted by molar-refractivity contribution is -0.120. The molecule has 2 aliphatic rings. The minimum Gasteiger partial charge on any atom is -0.299 e. The number of fused-ring (bicyclic) bond motifs is 1. The highest BCUT2D eigenvalue weighted by molar-refractivity contribution is 5.88. The average molecular weight is 178 g/mol. The highest BCUT2D eigenvalue weighted by atomic mass is 16.1. The zero-order valence-electron chi connectivity index (χ0n) is 8.38. The van der Waals surface area contributed by atoms with Gasteiger partial charge in [-0.2, -0.15) is 0 Å². The van der Waals surface area contributed by atoms with E-state index < -0.39 is 0 Å². The van der Waals surface area contributed by atoms with Crippen LogP contribution in [0.2, 0.25) is 0 Å². The van der Waals surface area contributed by atoms with Crippen molar-refractivity contribution in [3.8, 4) is 0 Å². The molecule has 0 radical (unpaired) electrons. The Labute approximate surface area is 80.2 Å². The minimum absolute atomic E-state index is 0.372. The van der Waals surface area contributed by atoms with Crippen molar-refractivity contribution in [2.45, 2.75) is 45.4 Å². The Morgan fingerprint density at radius 1 is 1.46 bits per heavy atom. The molecule has 0 saturated heterocycles. The van der Waals surface area contributed by atoms with Gasteiger partial charge in [0.1, 0.15) is 5.78 Å². The molecule has 2 aliphatic carbocycles. The largest absolute Gasteiger partial charge is 0.299 e. The van der Waals surface area contributed by atoms with E-state index in [9.17, 15) is 4.79 Å². The van der Waals surface area contributed by atoms with Crippen molar-refractivity contribution in [2.75, 3.05) is 0 Å². The molecule has 0 aromatic heterocycles. The molecule has 1 saturated carbocycles. The van der Waals surface area contributed by atoms with Gasteiger partial charge in [-0.1, -0.05) is 31.4 Å². The normalized spacial score (nSPS) is 31.2. The highest BCUT2D eigenvalue weighted by Gasteiger charge is 2.41. The van der Waals surface area contributed by atoms with Gasteiger partial charge in [0.05, 0.1) is 0 Å². The van der Waals surface area contributed by atoms with Gasteiger partial charge in [-0.05, 0) is 25.2 Å². The lowest BCUT2D eigenvalue weighted by Crippen LogP contribution is -2.24. The summed E-state index contributed by atoms with van der Waals surface area (Å²) in [5.74, 6) is 1.53. The van der Waals surface area contributed by atoms with E-state index in [1.54, 1.807) is 0 Å². The molecule has 0 aliphatic heterocycles. The first-order chi connectivity index (χ1) is 6.33. The van der Waals surface area contributed by atoms with E-state index in [0.717, 1.165) is 12.8 Å². The molecule has 0 aromatic rings. The molecule has 1 fully saturated rings. The van der Waals surface area contributed by atoms with E-state index in [-0.39, 0.29) is 0 Å². The summed E-state index contributed by atoms with van der Waals surface area (Å²) in [5, 5.41) is 0. The monoisotopic (exact) mass is 178 g/mol. The van der Waals surface area contributed by atoms with Crippen LogP contribution in [0.25, 0.3) is 0 Å². The molecule has 2 atom stereocenters. The van der Waals surface area contributed by atoms with Gasteiger partial charge in [0.15, 0.2) is 0 Å². The third kappa shape index (κ3) is 1.56. The molecule has 0 N–H and O–H groups in total. The third-order valence-electron chi connectivity index (χ3n) is 3.40. The van der Waals surface area contributed by atoms with Crippen molar-refractivity contribution in [1.29, 1.82) is 0 Å². The van der Waals surface area contributed by atoms with Crippen molar-refractivity contribution in [3.63, 3.8) is 0 Å². The van der Waals surface area contributed by atoms with E-state index in [4.69, 9.17) is 0 Å². The van der Waals surface area contributed by atoms with Crippen molar-refractivity contribution in [2.24, 2.45) is 11.8 Å². The van der Waals surface area contributed by atoms with Crippen LogP contribution in [0.5, 0.6) is 0 Å². The molecular weight excluding hydrogens is 160 g/mol. The summed E-state index contributed by atoms with van der Waals surface area (Å²) in [7, 11) is 0. The Morgan fingerprint density at radius 2 is 2.31 bits per heavy atom. The van der Waals surface area contributed by atoms with Crippen molar-refractivity contribution in [3.05, 3.63) is 11.6 Å². The quantitative estimate of drug-likeness (QED) is 0.477. The molecule has 0 aromatic carbocycles. The summed E-state index contributed by atoms with van der Waals surface area (Å²) in [6.07, 6.45) is 9.35. The molecule has 0 amide bonds. The van der Waals surface area contributed by atoms with E-state index in [2.05, 4.69) is 13.0 Å². The highest BCUT2D eigenvalue weighted by Crippen LogP contribution is 2.45. The van der Waals surface area contributed by atoms with Gasteiger partial charge in [0.25, 0.3) is 0 Å². The number of ketones is 1.